The van der Waals surface area contributed by atoms with Crippen LogP contribution in [0.1, 0.15) is 0 Å². The summed E-state index contributed by atoms with van der Waals surface area (Å²) in [6.45, 7) is 0. The molecule has 0 bridgehead atoms. The van der Waals surface area contributed by atoms with Gasteiger partial charge in [0.15, 0.2) is 5.82 Å². The highest BCUT2D eigenvalue weighted by Crippen LogP contribution is 2.37. The van der Waals surface area contributed by atoms with Gasteiger partial charge in [-0.3, -0.25) is 0 Å². The minimum Gasteiger partial charge on any atom is -0.309 e. The van der Waals surface area contributed by atoms with Crippen molar-refractivity contribution in [2.75, 3.05) is 0 Å². The van der Waals surface area contributed by atoms with Crippen LogP contribution < -0.4 is 0 Å². The van der Waals surface area contributed by atoms with Crippen LogP contribution in [-0.4, -0.2) is 19.1 Å². The third kappa shape index (κ3) is 6.86. The second kappa shape index (κ2) is 16.4. The molecule has 4 heteroatoms. The molecule has 0 unspecified atom stereocenters. The van der Waals surface area contributed by atoms with Gasteiger partial charge in [0, 0.05) is 49.6 Å². The lowest BCUT2D eigenvalue weighted by Crippen LogP contribution is -1.98. The number of nitrogens with zero attached hydrogens (tertiary/aromatic N) is 4. The fraction of sp³-hybridized carbons (Fsp3) is 0. The van der Waals surface area contributed by atoms with E-state index in [4.69, 9.17) is 9.97 Å². The van der Waals surface area contributed by atoms with Crippen LogP contribution in [0.2, 0.25) is 0 Å². The molecule has 0 spiro atoms. The van der Waals surface area contributed by atoms with Gasteiger partial charge in [-0.2, -0.15) is 0 Å². The van der Waals surface area contributed by atoms with E-state index in [2.05, 4.69) is 264 Å². The van der Waals surface area contributed by atoms with Crippen LogP contribution in [-0.2, 0) is 0 Å². The van der Waals surface area contributed by atoms with Crippen LogP contribution in [0.4, 0.5) is 0 Å². The summed E-state index contributed by atoms with van der Waals surface area (Å²) in [4.78, 5) is 10.7. The molecule has 0 saturated carbocycles. The zero-order valence-corrected chi connectivity index (χ0v) is 37.0. The molecule has 0 aliphatic heterocycles. The van der Waals surface area contributed by atoms with E-state index in [1.54, 1.807) is 0 Å². The summed E-state index contributed by atoms with van der Waals surface area (Å²) in [5, 5.41) is 4.96. The molecule has 0 fully saturated rings. The van der Waals surface area contributed by atoms with Crippen LogP contribution in [0.25, 0.3) is 122 Å². The summed E-state index contributed by atoms with van der Waals surface area (Å²) >= 11 is 0. The molecule has 10 aromatic carbocycles. The highest BCUT2D eigenvalue weighted by Gasteiger charge is 2.17. The maximum atomic E-state index is 5.33. The normalized spacial score (nSPS) is 11.5. The van der Waals surface area contributed by atoms with Crippen molar-refractivity contribution in [3.8, 4) is 78.7 Å². The number of benzene rings is 10. The lowest BCUT2D eigenvalue weighted by molar-refractivity contribution is 1.16. The number of rotatable bonds is 8. The predicted octanol–water partition coefficient (Wildman–Crippen LogP) is 16.7. The van der Waals surface area contributed by atoms with Crippen molar-refractivity contribution >= 4 is 43.6 Å². The van der Waals surface area contributed by atoms with Gasteiger partial charge >= 0.3 is 0 Å². The lowest BCUT2D eigenvalue weighted by atomic mass is 9.97. The first-order valence-corrected chi connectivity index (χ1v) is 23.1. The van der Waals surface area contributed by atoms with Gasteiger partial charge in [0.2, 0.25) is 0 Å². The third-order valence-electron chi connectivity index (χ3n) is 13.4. The summed E-state index contributed by atoms with van der Waals surface area (Å²) < 4.78 is 4.72. The van der Waals surface area contributed by atoms with Gasteiger partial charge in [-0.05, 0) is 94.0 Å². The van der Waals surface area contributed by atoms with Crippen LogP contribution in [0, 0.1) is 0 Å². The van der Waals surface area contributed by atoms with Crippen molar-refractivity contribution < 1.29 is 0 Å². The van der Waals surface area contributed by atoms with Gasteiger partial charge in [0.05, 0.1) is 33.5 Å². The molecule has 4 nitrogen and oxygen atoms in total. The molecule has 68 heavy (non-hydrogen) atoms. The molecule has 0 aliphatic carbocycles. The lowest BCUT2D eigenvalue weighted by Gasteiger charge is -2.13. The van der Waals surface area contributed by atoms with Gasteiger partial charge in [-0.25, -0.2) is 9.97 Å². The molecule has 0 N–H and O–H groups in total. The first kappa shape index (κ1) is 39.3. The van der Waals surface area contributed by atoms with E-state index < -0.39 is 0 Å². The molecule has 3 heterocycles. The number of hydrogen-bond donors (Lipinski definition) is 0. The highest BCUT2D eigenvalue weighted by atomic mass is 15.0. The van der Waals surface area contributed by atoms with Crippen molar-refractivity contribution in [3.63, 3.8) is 0 Å². The Hall–Kier alpha value is -9.12. The zero-order chi connectivity index (χ0) is 45.0. The molecule has 0 radical (unpaired) electrons. The van der Waals surface area contributed by atoms with Crippen LogP contribution >= 0.6 is 0 Å². The average molecular weight is 867 g/mol. The van der Waals surface area contributed by atoms with E-state index in [1.807, 2.05) is 0 Å². The minimum absolute atomic E-state index is 0.669. The fourth-order valence-electron chi connectivity index (χ4n) is 10.1. The number of para-hydroxylation sites is 4. The molecular formula is C64H42N4. The third-order valence-corrected chi connectivity index (χ3v) is 13.4. The molecule has 3 aromatic heterocycles. The Kier molecular flexibility index (Phi) is 9.47. The molecule has 0 atom stereocenters. The van der Waals surface area contributed by atoms with Crippen molar-refractivity contribution in [1.82, 2.24) is 19.1 Å². The first-order chi connectivity index (χ1) is 33.7. The van der Waals surface area contributed by atoms with Gasteiger partial charge in [-0.15, -0.1) is 0 Å². The van der Waals surface area contributed by atoms with Crippen molar-refractivity contribution in [1.29, 1.82) is 0 Å². The molecule has 318 valence electrons. The van der Waals surface area contributed by atoms with E-state index in [0.717, 1.165) is 67.2 Å². The average Bonchev–Trinajstić information content (AvgIpc) is 3.94. The Labute approximate surface area is 394 Å². The Balaban J connectivity index is 0.899. The van der Waals surface area contributed by atoms with Crippen LogP contribution in [0.5, 0.6) is 0 Å². The Morgan fingerprint density at radius 1 is 0.221 bits per heavy atom. The summed E-state index contributed by atoms with van der Waals surface area (Å²) in [5.41, 5.74) is 18.6. The van der Waals surface area contributed by atoms with Crippen LogP contribution in [0.3, 0.4) is 0 Å². The second-order valence-corrected chi connectivity index (χ2v) is 17.4. The van der Waals surface area contributed by atoms with Crippen molar-refractivity contribution in [2.45, 2.75) is 0 Å². The summed E-state index contributed by atoms with van der Waals surface area (Å²) in [5.74, 6) is 0.669. The van der Waals surface area contributed by atoms with Gasteiger partial charge in [-0.1, -0.05) is 194 Å². The summed E-state index contributed by atoms with van der Waals surface area (Å²) in [7, 11) is 0. The van der Waals surface area contributed by atoms with Crippen molar-refractivity contribution in [2.24, 2.45) is 0 Å². The zero-order valence-electron chi connectivity index (χ0n) is 37.0. The molecule has 0 aliphatic rings. The molecular weight excluding hydrogens is 825 g/mol. The maximum Gasteiger partial charge on any atom is 0.160 e. The van der Waals surface area contributed by atoms with E-state index in [0.29, 0.717) is 5.82 Å². The minimum atomic E-state index is 0.669. The second-order valence-electron chi connectivity index (χ2n) is 17.4. The van der Waals surface area contributed by atoms with E-state index in [1.165, 1.54) is 49.3 Å². The number of fused-ring (bicyclic) bond motifs is 6. The molecule has 0 amide bonds. The Morgan fingerprint density at radius 3 is 1.00 bits per heavy atom. The Morgan fingerprint density at radius 2 is 0.544 bits per heavy atom. The summed E-state index contributed by atoms with van der Waals surface area (Å²) in [6.07, 6.45) is 0. The largest absolute Gasteiger partial charge is 0.309 e. The first-order valence-electron chi connectivity index (χ1n) is 23.1. The van der Waals surface area contributed by atoms with Gasteiger partial charge in [0.25, 0.3) is 0 Å². The van der Waals surface area contributed by atoms with E-state index >= 15 is 0 Å². The quantitative estimate of drug-likeness (QED) is 0.153. The number of aromatic nitrogens is 4. The molecule has 0 saturated heterocycles. The van der Waals surface area contributed by atoms with E-state index in [-0.39, 0.29) is 0 Å². The Bertz CT molecular complexity index is 3900. The van der Waals surface area contributed by atoms with E-state index in [9.17, 15) is 0 Å². The number of hydrogen-bond acceptors (Lipinski definition) is 2. The fourth-order valence-corrected chi connectivity index (χ4v) is 10.1. The van der Waals surface area contributed by atoms with Crippen LogP contribution in [0.15, 0.2) is 255 Å². The summed E-state index contributed by atoms with van der Waals surface area (Å²) in [6, 6.07) is 91.0. The molecule has 13 aromatic rings. The topological polar surface area (TPSA) is 35.6 Å². The predicted molar refractivity (Wildman–Crippen MR) is 283 cm³/mol. The highest BCUT2D eigenvalue weighted by molar-refractivity contribution is 6.10. The maximum absolute atomic E-state index is 5.33. The van der Waals surface area contributed by atoms with Gasteiger partial charge in [0.1, 0.15) is 0 Å². The van der Waals surface area contributed by atoms with Crippen molar-refractivity contribution in [3.05, 3.63) is 255 Å². The SMILES string of the molecule is c1ccc(-c2cccc(-c3ccc(-c4cc(-c5ccc(-c6cccc(-n7c8ccccc8c8ccccc87)c6)cc5)nc(-c5cccc(-n6c7ccccc7c7ccccc76)c5)n4)cc3)c2)cc1. The molecule has 13 rings (SSSR count). The van der Waals surface area contributed by atoms with Gasteiger partial charge < -0.3 is 9.13 Å². The standard InChI is InChI=1S/C64H42N4/c1-2-15-43(16-3-1)48-17-12-18-49(39-48)44-31-35-46(36-32-44)58-42-59(66-64(65-58)51-20-14-22-53(41-51)68-62-29-10-6-25-56(62)57-26-7-11-30-63(57)68)47-37-33-45(34-38-47)50-19-13-21-52(40-50)67-60-27-8-4-23-54(60)55-24-5-9-28-61(55)67/h1-42H. The monoisotopic (exact) mass is 866 g/mol. The smallest absolute Gasteiger partial charge is 0.160 e.